The first-order chi connectivity index (χ1) is 10.1. The molecule has 2 aromatic rings. The molecule has 0 atom stereocenters. The summed E-state index contributed by atoms with van der Waals surface area (Å²) in [6.45, 7) is 5.20. The molecule has 0 bridgehead atoms. The molecule has 1 heterocycles. The van der Waals surface area contributed by atoms with Gasteiger partial charge in [0.15, 0.2) is 11.2 Å². The lowest BCUT2D eigenvalue weighted by Crippen LogP contribution is -2.33. The summed E-state index contributed by atoms with van der Waals surface area (Å²) in [6, 6.07) is 4.64. The molecular formula is C15H17NO5. The van der Waals surface area contributed by atoms with Crippen LogP contribution in [0.2, 0.25) is 0 Å². The predicted molar refractivity (Wildman–Crippen MR) is 77.5 cm³/mol. The summed E-state index contributed by atoms with van der Waals surface area (Å²) >= 11 is 0. The number of fused-ring (bicyclic) bond motifs is 1. The Morgan fingerprint density at radius 3 is 2.29 bits per heavy atom. The van der Waals surface area contributed by atoms with Gasteiger partial charge in [-0.15, -0.1) is 0 Å². The average molecular weight is 291 g/mol. The highest BCUT2D eigenvalue weighted by Crippen LogP contribution is 2.18. The maximum absolute atomic E-state index is 12.6. The van der Waals surface area contributed by atoms with Crippen LogP contribution in [-0.2, 0) is 0 Å². The number of carbonyl (C=O) groups excluding carboxylic acids is 1. The Balaban J connectivity index is 2.55. The van der Waals surface area contributed by atoms with Crippen molar-refractivity contribution in [3.05, 3.63) is 44.6 Å². The van der Waals surface area contributed by atoms with Crippen molar-refractivity contribution >= 4 is 17.1 Å². The van der Waals surface area contributed by atoms with Gasteiger partial charge in [0, 0.05) is 13.1 Å². The van der Waals surface area contributed by atoms with Crippen molar-refractivity contribution in [3.63, 3.8) is 0 Å². The van der Waals surface area contributed by atoms with Crippen LogP contribution in [-0.4, -0.2) is 23.9 Å². The lowest BCUT2D eigenvalue weighted by atomic mass is 10.1. The minimum absolute atomic E-state index is 0.0179. The molecule has 0 spiro atoms. The molecule has 1 amide bonds. The number of benzene rings is 1. The van der Waals surface area contributed by atoms with Crippen LogP contribution in [0.1, 0.15) is 37.0 Å². The summed E-state index contributed by atoms with van der Waals surface area (Å²) < 4.78 is 9.79. The SMILES string of the molecule is CCCN(CCC)C(=O)c1cccc2oc(=O)c(=O)oc12. The van der Waals surface area contributed by atoms with E-state index in [0.29, 0.717) is 13.1 Å². The molecule has 112 valence electrons. The summed E-state index contributed by atoms with van der Waals surface area (Å²) in [7, 11) is 0. The van der Waals surface area contributed by atoms with Crippen molar-refractivity contribution in [2.24, 2.45) is 0 Å². The van der Waals surface area contributed by atoms with Crippen molar-refractivity contribution in [2.45, 2.75) is 26.7 Å². The van der Waals surface area contributed by atoms with Crippen LogP contribution in [0.4, 0.5) is 0 Å². The van der Waals surface area contributed by atoms with Crippen molar-refractivity contribution in [1.29, 1.82) is 0 Å². The van der Waals surface area contributed by atoms with E-state index in [1.54, 1.807) is 17.0 Å². The predicted octanol–water partition coefficient (Wildman–Crippen LogP) is 2.01. The van der Waals surface area contributed by atoms with Crippen LogP contribution in [0, 0.1) is 0 Å². The molecule has 0 aliphatic rings. The van der Waals surface area contributed by atoms with E-state index in [0.717, 1.165) is 12.8 Å². The monoisotopic (exact) mass is 291 g/mol. The summed E-state index contributed by atoms with van der Waals surface area (Å²) in [5, 5.41) is 0. The fourth-order valence-electron chi connectivity index (χ4n) is 2.17. The van der Waals surface area contributed by atoms with Crippen LogP contribution in [0.25, 0.3) is 11.2 Å². The van der Waals surface area contributed by atoms with E-state index in [2.05, 4.69) is 0 Å². The molecule has 0 unspecified atom stereocenters. The molecule has 0 saturated carbocycles. The zero-order valence-electron chi connectivity index (χ0n) is 12.0. The first-order valence-electron chi connectivity index (χ1n) is 6.94. The number of hydrogen-bond donors (Lipinski definition) is 0. The number of carbonyl (C=O) groups is 1. The number of amides is 1. The second kappa shape index (κ2) is 6.39. The van der Waals surface area contributed by atoms with Gasteiger partial charge in [-0.2, -0.15) is 0 Å². The zero-order valence-corrected chi connectivity index (χ0v) is 12.0. The van der Waals surface area contributed by atoms with Gasteiger partial charge in [0.05, 0.1) is 5.56 Å². The van der Waals surface area contributed by atoms with Gasteiger partial charge in [-0.05, 0) is 25.0 Å². The third-order valence-corrected chi connectivity index (χ3v) is 3.05. The zero-order chi connectivity index (χ0) is 15.4. The molecule has 6 nitrogen and oxygen atoms in total. The number of para-hydroxylation sites is 1. The Morgan fingerprint density at radius 1 is 1.05 bits per heavy atom. The third-order valence-electron chi connectivity index (χ3n) is 3.05. The minimum Gasteiger partial charge on any atom is -0.414 e. The quantitative estimate of drug-likeness (QED) is 0.787. The molecule has 2 rings (SSSR count). The van der Waals surface area contributed by atoms with Crippen molar-refractivity contribution < 1.29 is 13.6 Å². The van der Waals surface area contributed by atoms with Gasteiger partial charge in [-0.25, -0.2) is 9.59 Å². The minimum atomic E-state index is -1.11. The molecule has 0 aliphatic heterocycles. The van der Waals surface area contributed by atoms with Gasteiger partial charge in [0.25, 0.3) is 5.91 Å². The standard InChI is InChI=1S/C15H17NO5/c1-3-8-16(9-4-2)13(17)10-6-5-7-11-12(10)21-15(19)14(18)20-11/h5-7H,3-4,8-9H2,1-2H3. The Kier molecular flexibility index (Phi) is 4.57. The van der Waals surface area contributed by atoms with Gasteiger partial charge in [0.1, 0.15) is 0 Å². The lowest BCUT2D eigenvalue weighted by molar-refractivity contribution is 0.0756. The van der Waals surface area contributed by atoms with Crippen LogP contribution in [0.15, 0.2) is 36.6 Å². The molecule has 6 heteroatoms. The maximum Gasteiger partial charge on any atom is 0.423 e. The van der Waals surface area contributed by atoms with Crippen LogP contribution in [0.3, 0.4) is 0 Å². The Labute approximate surface area is 121 Å². The number of hydrogen-bond acceptors (Lipinski definition) is 5. The van der Waals surface area contributed by atoms with Crippen LogP contribution >= 0.6 is 0 Å². The van der Waals surface area contributed by atoms with Crippen molar-refractivity contribution in [1.82, 2.24) is 4.90 Å². The highest BCUT2D eigenvalue weighted by Gasteiger charge is 2.20. The highest BCUT2D eigenvalue weighted by atomic mass is 16.5. The molecule has 0 saturated heterocycles. The van der Waals surface area contributed by atoms with Crippen LogP contribution in [0.5, 0.6) is 0 Å². The molecule has 0 fully saturated rings. The second-order valence-corrected chi connectivity index (χ2v) is 4.70. The van der Waals surface area contributed by atoms with E-state index < -0.39 is 11.3 Å². The molecular weight excluding hydrogens is 274 g/mol. The Bertz CT molecular complexity index is 752. The second-order valence-electron chi connectivity index (χ2n) is 4.70. The summed E-state index contributed by atoms with van der Waals surface area (Å²) in [5.41, 5.74) is -1.84. The van der Waals surface area contributed by atoms with Crippen molar-refractivity contribution in [2.75, 3.05) is 13.1 Å². The van der Waals surface area contributed by atoms with Gasteiger partial charge in [-0.1, -0.05) is 19.9 Å². The summed E-state index contributed by atoms with van der Waals surface area (Å²) in [5.74, 6) is -0.235. The van der Waals surface area contributed by atoms with Gasteiger partial charge in [-0.3, -0.25) is 4.79 Å². The van der Waals surface area contributed by atoms with Gasteiger partial charge < -0.3 is 13.7 Å². The van der Waals surface area contributed by atoms with Gasteiger partial charge in [0.2, 0.25) is 0 Å². The van der Waals surface area contributed by atoms with Crippen molar-refractivity contribution in [3.8, 4) is 0 Å². The maximum atomic E-state index is 12.6. The normalized spacial score (nSPS) is 10.8. The molecule has 1 aromatic carbocycles. The molecule has 0 N–H and O–H groups in total. The summed E-state index contributed by atoms with van der Waals surface area (Å²) in [6.07, 6.45) is 1.66. The third kappa shape index (κ3) is 3.04. The van der Waals surface area contributed by atoms with E-state index in [4.69, 9.17) is 8.83 Å². The fraction of sp³-hybridized carbons (Fsp3) is 0.400. The number of nitrogens with zero attached hydrogens (tertiary/aromatic N) is 1. The molecule has 1 aromatic heterocycles. The highest BCUT2D eigenvalue weighted by molar-refractivity contribution is 6.03. The number of rotatable bonds is 5. The molecule has 0 aliphatic carbocycles. The summed E-state index contributed by atoms with van der Waals surface area (Å²) in [4.78, 5) is 36.8. The van der Waals surface area contributed by atoms with E-state index in [1.807, 2.05) is 13.8 Å². The lowest BCUT2D eigenvalue weighted by Gasteiger charge is -2.21. The van der Waals surface area contributed by atoms with Gasteiger partial charge >= 0.3 is 11.3 Å². The van der Waals surface area contributed by atoms with Crippen LogP contribution < -0.4 is 11.3 Å². The Morgan fingerprint density at radius 2 is 1.67 bits per heavy atom. The van der Waals surface area contributed by atoms with E-state index >= 15 is 0 Å². The average Bonchev–Trinajstić information content (AvgIpc) is 2.47. The largest absolute Gasteiger partial charge is 0.423 e. The first kappa shape index (κ1) is 15.0. The van der Waals surface area contributed by atoms with E-state index in [1.165, 1.54) is 6.07 Å². The first-order valence-corrected chi connectivity index (χ1v) is 6.94. The molecule has 21 heavy (non-hydrogen) atoms. The fourth-order valence-corrected chi connectivity index (χ4v) is 2.17. The molecule has 0 radical (unpaired) electrons. The topological polar surface area (TPSA) is 80.7 Å². The smallest absolute Gasteiger partial charge is 0.414 e. The Hall–Kier alpha value is -2.37. The van der Waals surface area contributed by atoms with E-state index in [-0.39, 0.29) is 22.6 Å². The van der Waals surface area contributed by atoms with E-state index in [9.17, 15) is 14.4 Å².